The molecule has 3 heteroatoms. The molecule has 0 atom stereocenters. The second kappa shape index (κ2) is 7.04. The average molecular weight is 282 g/mol. The number of hydroxylamine groups is 2. The van der Waals surface area contributed by atoms with E-state index in [0.717, 1.165) is 12.8 Å². The summed E-state index contributed by atoms with van der Waals surface area (Å²) >= 11 is 0. The summed E-state index contributed by atoms with van der Waals surface area (Å²) in [5.41, 5.74) is -0.853. The number of nitrogens with zero attached hydrogens (tertiary/aromatic N) is 1. The van der Waals surface area contributed by atoms with Gasteiger partial charge in [0.2, 0.25) is 0 Å². The zero-order valence-corrected chi connectivity index (χ0v) is 14.0. The lowest BCUT2D eigenvalue weighted by Gasteiger charge is -2.49. The highest BCUT2D eigenvalue weighted by Gasteiger charge is 2.47. The molecular weight excluding hydrogens is 250 g/mol. The molecule has 1 saturated heterocycles. The van der Waals surface area contributed by atoms with Crippen molar-refractivity contribution in [3.63, 3.8) is 0 Å². The zero-order chi connectivity index (χ0) is 15.4. The fourth-order valence-corrected chi connectivity index (χ4v) is 3.60. The van der Waals surface area contributed by atoms with Crippen LogP contribution in [0.2, 0.25) is 0 Å². The largest absolute Gasteiger partial charge is 0.299 e. The number of unbranched alkanes of at least 4 members (excludes halogenated alkanes) is 4. The van der Waals surface area contributed by atoms with Gasteiger partial charge in [0.05, 0.1) is 0 Å². The van der Waals surface area contributed by atoms with Crippen LogP contribution in [0.25, 0.3) is 0 Å². The molecule has 0 spiro atoms. The molecule has 0 unspecified atom stereocenters. The summed E-state index contributed by atoms with van der Waals surface area (Å²) < 4.78 is 0. The third kappa shape index (κ3) is 4.56. The molecule has 1 heterocycles. The lowest BCUT2D eigenvalue weighted by molar-refractivity contribution is -0.292. The standard InChI is InChI=1S/C17H32NO2/c1-6-7-8-9-10-11-15(19)14-12-16(2,3)18(20)17(4,5)13-14/h14H,6-13H2,1-5H3. The molecule has 0 amide bonds. The number of carbonyl (C=O) groups is 1. The Morgan fingerprint density at radius 3 is 2.00 bits per heavy atom. The number of hydrogen-bond donors (Lipinski definition) is 0. The van der Waals surface area contributed by atoms with Gasteiger partial charge in [0, 0.05) is 23.4 Å². The molecule has 20 heavy (non-hydrogen) atoms. The molecule has 1 rings (SSSR count). The van der Waals surface area contributed by atoms with Gasteiger partial charge < -0.3 is 0 Å². The van der Waals surface area contributed by atoms with Crippen LogP contribution in [0, 0.1) is 5.92 Å². The molecule has 0 bridgehead atoms. The van der Waals surface area contributed by atoms with E-state index in [2.05, 4.69) is 6.92 Å². The maximum absolute atomic E-state index is 12.4. The Balaban J connectivity index is 2.48. The summed E-state index contributed by atoms with van der Waals surface area (Å²) in [4.78, 5) is 12.4. The van der Waals surface area contributed by atoms with Crippen molar-refractivity contribution in [1.29, 1.82) is 0 Å². The van der Waals surface area contributed by atoms with Gasteiger partial charge in [0.15, 0.2) is 0 Å². The fraction of sp³-hybridized carbons (Fsp3) is 0.941. The van der Waals surface area contributed by atoms with Crippen molar-refractivity contribution in [3.8, 4) is 0 Å². The highest BCUT2D eigenvalue weighted by molar-refractivity contribution is 5.81. The van der Waals surface area contributed by atoms with Crippen LogP contribution in [0.15, 0.2) is 0 Å². The zero-order valence-electron chi connectivity index (χ0n) is 14.0. The number of piperidine rings is 1. The van der Waals surface area contributed by atoms with Gasteiger partial charge in [0.25, 0.3) is 0 Å². The summed E-state index contributed by atoms with van der Waals surface area (Å²) in [6.07, 6.45) is 8.01. The van der Waals surface area contributed by atoms with Gasteiger partial charge >= 0.3 is 0 Å². The minimum Gasteiger partial charge on any atom is -0.299 e. The quantitative estimate of drug-likeness (QED) is 0.644. The predicted octanol–water partition coefficient (Wildman–Crippen LogP) is 4.53. The Labute approximate surface area is 124 Å². The van der Waals surface area contributed by atoms with E-state index in [0.29, 0.717) is 25.0 Å². The molecule has 3 nitrogen and oxygen atoms in total. The van der Waals surface area contributed by atoms with Crippen molar-refractivity contribution in [2.24, 2.45) is 5.92 Å². The van der Waals surface area contributed by atoms with E-state index in [-0.39, 0.29) is 5.92 Å². The molecule has 117 valence electrons. The monoisotopic (exact) mass is 282 g/mol. The second-order valence-corrected chi connectivity index (χ2v) is 7.65. The van der Waals surface area contributed by atoms with Crippen molar-refractivity contribution in [2.75, 3.05) is 0 Å². The van der Waals surface area contributed by atoms with Gasteiger partial charge in [-0.25, -0.2) is 0 Å². The van der Waals surface area contributed by atoms with Crippen LogP contribution < -0.4 is 0 Å². The summed E-state index contributed by atoms with van der Waals surface area (Å²) in [5.74, 6) is 0.437. The molecule has 0 aromatic carbocycles. The minimum atomic E-state index is -0.426. The van der Waals surface area contributed by atoms with Gasteiger partial charge in [-0.2, -0.15) is 0 Å². The van der Waals surface area contributed by atoms with Crippen LogP contribution in [-0.4, -0.2) is 21.9 Å². The Bertz CT molecular complexity index is 305. The molecule has 0 aromatic heterocycles. The highest BCUT2D eigenvalue weighted by Crippen LogP contribution is 2.41. The third-order valence-corrected chi connectivity index (χ3v) is 4.57. The first-order valence-electron chi connectivity index (χ1n) is 8.21. The number of hydrogen-bond acceptors (Lipinski definition) is 2. The maximum atomic E-state index is 12.4. The van der Waals surface area contributed by atoms with E-state index in [1.165, 1.54) is 24.3 Å². The second-order valence-electron chi connectivity index (χ2n) is 7.65. The number of carbonyl (C=O) groups excluding carboxylic acids is 1. The maximum Gasteiger partial charge on any atom is 0.136 e. The normalized spacial score (nSPS) is 22.9. The van der Waals surface area contributed by atoms with Crippen LogP contribution in [0.3, 0.4) is 0 Å². The SMILES string of the molecule is CCCCCCCC(=O)C1CC(C)(C)N([O])C(C)(C)C1. The molecule has 1 fully saturated rings. The fourth-order valence-electron chi connectivity index (χ4n) is 3.60. The first-order chi connectivity index (χ1) is 9.20. The first-order valence-corrected chi connectivity index (χ1v) is 8.21. The Morgan fingerprint density at radius 2 is 1.50 bits per heavy atom. The summed E-state index contributed by atoms with van der Waals surface area (Å²) in [6, 6.07) is 0. The van der Waals surface area contributed by atoms with E-state index in [4.69, 9.17) is 0 Å². The Morgan fingerprint density at radius 1 is 1.00 bits per heavy atom. The van der Waals surface area contributed by atoms with Crippen LogP contribution in [0.5, 0.6) is 0 Å². The van der Waals surface area contributed by atoms with Gasteiger partial charge in [-0.05, 0) is 47.0 Å². The van der Waals surface area contributed by atoms with Crippen LogP contribution >= 0.6 is 0 Å². The predicted molar refractivity (Wildman–Crippen MR) is 81.8 cm³/mol. The van der Waals surface area contributed by atoms with E-state index in [9.17, 15) is 10.0 Å². The number of ketones is 1. The highest BCUT2D eigenvalue weighted by atomic mass is 16.5. The molecule has 0 saturated carbocycles. The van der Waals surface area contributed by atoms with E-state index in [1.807, 2.05) is 27.7 Å². The Hall–Kier alpha value is -0.410. The Kier molecular flexibility index (Phi) is 6.21. The van der Waals surface area contributed by atoms with Gasteiger partial charge in [-0.3, -0.25) is 4.79 Å². The van der Waals surface area contributed by atoms with Gasteiger partial charge in [-0.15, -0.1) is 10.3 Å². The van der Waals surface area contributed by atoms with E-state index in [1.54, 1.807) is 0 Å². The van der Waals surface area contributed by atoms with Crippen molar-refractivity contribution in [2.45, 2.75) is 97.1 Å². The van der Waals surface area contributed by atoms with E-state index >= 15 is 0 Å². The lowest BCUT2D eigenvalue weighted by Crippen LogP contribution is -2.59. The van der Waals surface area contributed by atoms with Crippen molar-refractivity contribution in [1.82, 2.24) is 5.06 Å². The lowest BCUT2D eigenvalue weighted by atomic mass is 9.73. The van der Waals surface area contributed by atoms with Crippen molar-refractivity contribution >= 4 is 5.78 Å². The smallest absolute Gasteiger partial charge is 0.136 e. The summed E-state index contributed by atoms with van der Waals surface area (Å²) in [5, 5.41) is 13.5. The number of Topliss-reactive ketones (excluding diaryl/α,β-unsaturated/α-hetero) is 1. The van der Waals surface area contributed by atoms with Crippen molar-refractivity contribution < 1.29 is 10.0 Å². The molecule has 1 aliphatic rings. The molecule has 1 aliphatic heterocycles. The van der Waals surface area contributed by atoms with Crippen LogP contribution in [-0.2, 0) is 10.0 Å². The molecule has 0 aromatic rings. The third-order valence-electron chi connectivity index (χ3n) is 4.57. The molecule has 0 aliphatic carbocycles. The topological polar surface area (TPSA) is 40.2 Å². The van der Waals surface area contributed by atoms with Crippen LogP contribution in [0.4, 0.5) is 0 Å². The van der Waals surface area contributed by atoms with E-state index < -0.39 is 11.1 Å². The molecule has 0 N–H and O–H groups in total. The number of rotatable bonds is 7. The molecular formula is C17H32NO2. The van der Waals surface area contributed by atoms with Gasteiger partial charge in [-0.1, -0.05) is 32.6 Å². The van der Waals surface area contributed by atoms with Crippen LogP contribution in [0.1, 0.15) is 86.0 Å². The van der Waals surface area contributed by atoms with Crippen molar-refractivity contribution in [3.05, 3.63) is 0 Å². The summed E-state index contributed by atoms with van der Waals surface area (Å²) in [6.45, 7) is 10.0. The molecule has 1 radical (unpaired) electrons. The summed E-state index contributed by atoms with van der Waals surface area (Å²) in [7, 11) is 0. The minimum absolute atomic E-state index is 0.0661. The first kappa shape index (κ1) is 17.6. The van der Waals surface area contributed by atoms with Gasteiger partial charge in [0.1, 0.15) is 5.78 Å². The average Bonchev–Trinajstić information content (AvgIpc) is 2.34.